The minimum absolute atomic E-state index is 0.0462. The number of anilines is 1. The summed E-state index contributed by atoms with van der Waals surface area (Å²) in [6, 6.07) is 6.33. The number of nitrogens with one attached hydrogen (secondary N) is 1. The molecule has 2 rings (SSSR count). The first kappa shape index (κ1) is 16.6. The lowest BCUT2D eigenvalue weighted by Crippen LogP contribution is -2.26. The highest BCUT2D eigenvalue weighted by Crippen LogP contribution is 2.10. The third kappa shape index (κ3) is 4.60. The van der Waals surface area contributed by atoms with Gasteiger partial charge in [-0.15, -0.1) is 0 Å². The lowest BCUT2D eigenvalue weighted by atomic mass is 10.1. The predicted octanol–water partition coefficient (Wildman–Crippen LogP) is 0.944. The number of nitrogens with zero attached hydrogens (tertiary/aromatic N) is 4. The van der Waals surface area contributed by atoms with E-state index < -0.39 is 5.82 Å². The van der Waals surface area contributed by atoms with Crippen molar-refractivity contribution in [3.63, 3.8) is 0 Å². The first-order valence-corrected chi connectivity index (χ1v) is 6.96. The van der Waals surface area contributed by atoms with Crippen LogP contribution < -0.4 is 15.0 Å². The van der Waals surface area contributed by atoms with Gasteiger partial charge < -0.3 is 15.0 Å². The number of carbonyl (C=O) groups excluding carboxylic acids is 1. The maximum absolute atomic E-state index is 13.5. The monoisotopic (exact) mass is 319 g/mol. The molecule has 8 heteroatoms. The first-order valence-electron chi connectivity index (χ1n) is 6.96. The molecule has 0 bridgehead atoms. The minimum atomic E-state index is -0.403. The molecule has 0 aliphatic carbocycles. The number of benzene rings is 1. The summed E-state index contributed by atoms with van der Waals surface area (Å²) in [6.45, 7) is 0.104. The van der Waals surface area contributed by atoms with Gasteiger partial charge in [0.15, 0.2) is 5.82 Å². The molecule has 0 fully saturated rings. The van der Waals surface area contributed by atoms with Gasteiger partial charge in [-0.1, -0.05) is 18.2 Å². The van der Waals surface area contributed by atoms with Gasteiger partial charge in [0.25, 0.3) is 0 Å². The zero-order chi connectivity index (χ0) is 16.8. The molecule has 1 aromatic heterocycles. The predicted molar refractivity (Wildman–Crippen MR) is 82.7 cm³/mol. The minimum Gasteiger partial charge on any atom is -0.467 e. The number of hydrogen-bond donors (Lipinski definition) is 1. The Kier molecular flexibility index (Phi) is 5.40. The van der Waals surface area contributed by atoms with Crippen LogP contribution in [-0.2, 0) is 17.8 Å². The Morgan fingerprint density at radius 3 is 2.65 bits per heavy atom. The summed E-state index contributed by atoms with van der Waals surface area (Å²) >= 11 is 0. The molecule has 0 unspecified atom stereocenters. The van der Waals surface area contributed by atoms with Gasteiger partial charge >= 0.3 is 6.01 Å². The zero-order valence-electron chi connectivity index (χ0n) is 13.2. The second kappa shape index (κ2) is 7.48. The fourth-order valence-electron chi connectivity index (χ4n) is 1.81. The third-order valence-corrected chi connectivity index (χ3v) is 2.98. The largest absolute Gasteiger partial charge is 0.467 e. The summed E-state index contributed by atoms with van der Waals surface area (Å²) in [4.78, 5) is 26.0. The fraction of sp³-hybridized carbons (Fsp3) is 0.333. The Morgan fingerprint density at radius 1 is 1.26 bits per heavy atom. The van der Waals surface area contributed by atoms with Crippen LogP contribution in [0.4, 0.5) is 10.3 Å². The molecule has 1 heterocycles. The van der Waals surface area contributed by atoms with E-state index >= 15 is 0 Å². The zero-order valence-corrected chi connectivity index (χ0v) is 13.2. The molecule has 0 atom stereocenters. The summed E-state index contributed by atoms with van der Waals surface area (Å²) < 4.78 is 18.5. The highest BCUT2D eigenvalue weighted by molar-refractivity contribution is 5.78. The topological polar surface area (TPSA) is 80.2 Å². The molecular formula is C15H18FN5O2. The average molecular weight is 319 g/mol. The van der Waals surface area contributed by atoms with E-state index in [1.54, 1.807) is 37.2 Å². The molecule has 1 amide bonds. The van der Waals surface area contributed by atoms with Crippen molar-refractivity contribution in [2.45, 2.75) is 13.0 Å². The highest BCUT2D eigenvalue weighted by Gasteiger charge is 2.11. The third-order valence-electron chi connectivity index (χ3n) is 2.98. The van der Waals surface area contributed by atoms with Crippen molar-refractivity contribution in [3.05, 3.63) is 41.5 Å². The summed E-state index contributed by atoms with van der Waals surface area (Å²) in [5.41, 5.74) is 0.340. The van der Waals surface area contributed by atoms with Gasteiger partial charge in [-0.2, -0.15) is 15.0 Å². The van der Waals surface area contributed by atoms with E-state index in [-0.39, 0.29) is 24.9 Å². The molecule has 7 nitrogen and oxygen atoms in total. The van der Waals surface area contributed by atoms with Crippen LogP contribution in [0.5, 0.6) is 6.01 Å². The molecule has 1 aromatic carbocycles. The number of hydrogen-bond acceptors (Lipinski definition) is 6. The van der Waals surface area contributed by atoms with Gasteiger partial charge in [0.2, 0.25) is 11.9 Å². The van der Waals surface area contributed by atoms with Crippen LogP contribution in [0.2, 0.25) is 0 Å². The number of aromatic nitrogens is 3. The number of carbonyl (C=O) groups is 1. The molecule has 2 aromatic rings. The Balaban J connectivity index is 2.01. The van der Waals surface area contributed by atoms with Crippen LogP contribution in [0.15, 0.2) is 24.3 Å². The van der Waals surface area contributed by atoms with Crippen LogP contribution in [0, 0.1) is 5.82 Å². The van der Waals surface area contributed by atoms with Crippen molar-refractivity contribution >= 4 is 11.9 Å². The normalized spacial score (nSPS) is 10.3. The summed E-state index contributed by atoms with van der Waals surface area (Å²) in [6.07, 6.45) is -0.0462. The van der Waals surface area contributed by atoms with Gasteiger partial charge in [0.1, 0.15) is 5.82 Å². The van der Waals surface area contributed by atoms with Crippen molar-refractivity contribution in [2.24, 2.45) is 0 Å². The summed E-state index contributed by atoms with van der Waals surface area (Å²) in [5, 5.41) is 2.66. The van der Waals surface area contributed by atoms with Gasteiger partial charge in [0.05, 0.1) is 20.1 Å². The van der Waals surface area contributed by atoms with Crippen molar-refractivity contribution in [2.75, 3.05) is 26.1 Å². The van der Waals surface area contributed by atoms with E-state index in [4.69, 9.17) is 4.74 Å². The molecule has 0 saturated carbocycles. The molecule has 122 valence electrons. The Morgan fingerprint density at radius 2 is 2.00 bits per heavy atom. The van der Waals surface area contributed by atoms with Crippen molar-refractivity contribution < 1.29 is 13.9 Å². The van der Waals surface area contributed by atoms with Gasteiger partial charge in [-0.25, -0.2) is 4.39 Å². The maximum atomic E-state index is 13.5. The van der Waals surface area contributed by atoms with Crippen LogP contribution in [0.1, 0.15) is 11.4 Å². The van der Waals surface area contributed by atoms with Gasteiger partial charge in [-0.05, 0) is 11.6 Å². The van der Waals surface area contributed by atoms with Gasteiger partial charge in [0, 0.05) is 14.1 Å². The maximum Gasteiger partial charge on any atom is 0.321 e. The molecule has 23 heavy (non-hydrogen) atoms. The molecular weight excluding hydrogens is 301 g/mol. The van der Waals surface area contributed by atoms with E-state index in [0.29, 0.717) is 17.3 Å². The summed E-state index contributed by atoms with van der Waals surface area (Å²) in [7, 11) is 5.03. The fourth-order valence-corrected chi connectivity index (χ4v) is 1.81. The van der Waals surface area contributed by atoms with Crippen molar-refractivity contribution in [1.29, 1.82) is 0 Å². The van der Waals surface area contributed by atoms with Crippen LogP contribution in [0.25, 0.3) is 0 Å². The van der Waals surface area contributed by atoms with Crippen LogP contribution in [-0.4, -0.2) is 42.1 Å². The SMILES string of the molecule is COc1nc(CNC(=O)Cc2ccccc2F)nc(N(C)C)n1. The van der Waals surface area contributed by atoms with Crippen molar-refractivity contribution in [3.8, 4) is 6.01 Å². The number of methoxy groups -OCH3 is 1. The molecule has 0 radical (unpaired) electrons. The summed E-state index contributed by atoms with van der Waals surface area (Å²) in [5.74, 6) is 0.0675. The number of halogens is 1. The Hall–Kier alpha value is -2.77. The number of ether oxygens (including phenoxy) is 1. The molecule has 1 N–H and O–H groups in total. The second-order valence-corrected chi connectivity index (χ2v) is 4.98. The molecule has 0 spiro atoms. The number of rotatable bonds is 6. The quantitative estimate of drug-likeness (QED) is 0.854. The first-order chi connectivity index (χ1) is 11.0. The van der Waals surface area contributed by atoms with Crippen LogP contribution in [0.3, 0.4) is 0 Å². The molecule has 0 aliphatic rings. The van der Waals surface area contributed by atoms with E-state index in [0.717, 1.165) is 0 Å². The van der Waals surface area contributed by atoms with Crippen LogP contribution >= 0.6 is 0 Å². The van der Waals surface area contributed by atoms with E-state index in [1.807, 2.05) is 0 Å². The molecule has 0 saturated heterocycles. The van der Waals surface area contributed by atoms with E-state index in [9.17, 15) is 9.18 Å². The Labute approximate surface area is 133 Å². The highest BCUT2D eigenvalue weighted by atomic mass is 19.1. The lowest BCUT2D eigenvalue weighted by Gasteiger charge is -2.12. The standard InChI is InChI=1S/C15H18FN5O2/c1-21(2)14-18-12(19-15(20-14)23-3)9-17-13(22)8-10-6-4-5-7-11(10)16/h4-7H,8-9H2,1-3H3,(H,17,22). The molecule has 0 aliphatic heterocycles. The van der Waals surface area contributed by atoms with Gasteiger partial charge in [-0.3, -0.25) is 4.79 Å². The van der Waals surface area contributed by atoms with E-state index in [2.05, 4.69) is 20.3 Å². The number of amides is 1. The lowest BCUT2D eigenvalue weighted by molar-refractivity contribution is -0.120. The van der Waals surface area contributed by atoms with Crippen molar-refractivity contribution in [1.82, 2.24) is 20.3 Å². The average Bonchev–Trinajstić information content (AvgIpc) is 2.54. The smallest absolute Gasteiger partial charge is 0.321 e. The van der Waals surface area contributed by atoms with E-state index in [1.165, 1.54) is 13.2 Å². The Bertz CT molecular complexity index is 693. The second-order valence-electron chi connectivity index (χ2n) is 4.98.